The third kappa shape index (κ3) is 3.65. The number of nitrogens with zero attached hydrogens (tertiary/aromatic N) is 7. The molecular weight excluding hydrogens is 436 g/mol. The van der Waals surface area contributed by atoms with E-state index in [1.807, 2.05) is 25.3 Å². The number of thiazole rings is 1. The van der Waals surface area contributed by atoms with Crippen LogP contribution < -0.4 is 15.8 Å². The Morgan fingerprint density at radius 1 is 1.06 bits per heavy atom. The highest BCUT2D eigenvalue weighted by atomic mass is 32.1. The molecule has 6 rings (SSSR count). The third-order valence-electron chi connectivity index (χ3n) is 6.48. The summed E-state index contributed by atoms with van der Waals surface area (Å²) >= 11 is 1.56. The Hall–Kier alpha value is -3.37. The lowest BCUT2D eigenvalue weighted by Gasteiger charge is -2.32. The first-order valence-electron chi connectivity index (χ1n) is 11.0. The molecule has 9 nitrogen and oxygen atoms in total. The van der Waals surface area contributed by atoms with Gasteiger partial charge in [-0.1, -0.05) is 0 Å². The van der Waals surface area contributed by atoms with Crippen molar-refractivity contribution in [2.24, 2.45) is 7.05 Å². The number of pyridine rings is 2. The predicted molar refractivity (Wildman–Crippen MR) is 130 cm³/mol. The van der Waals surface area contributed by atoms with Crippen molar-refractivity contribution in [2.75, 3.05) is 30.4 Å². The summed E-state index contributed by atoms with van der Waals surface area (Å²) in [4.78, 5) is 35.3. The van der Waals surface area contributed by atoms with Gasteiger partial charge >= 0.3 is 0 Å². The van der Waals surface area contributed by atoms with E-state index in [0.29, 0.717) is 17.9 Å². The summed E-state index contributed by atoms with van der Waals surface area (Å²) < 4.78 is 2.55. The number of rotatable bonds is 4. The lowest BCUT2D eigenvalue weighted by atomic mass is 10.2. The van der Waals surface area contributed by atoms with E-state index in [0.717, 1.165) is 51.3 Å². The molecule has 0 radical (unpaired) electrons. The molecule has 0 aromatic carbocycles. The highest BCUT2D eigenvalue weighted by Gasteiger charge is 2.42. The number of hydrogen-bond acceptors (Lipinski definition) is 9. The van der Waals surface area contributed by atoms with Crippen LogP contribution in [0.25, 0.3) is 20.8 Å². The van der Waals surface area contributed by atoms with Gasteiger partial charge in [-0.15, -0.1) is 11.3 Å². The molecule has 2 aliphatic rings. The largest absolute Gasteiger partial charge is 0.335 e. The molecule has 2 fully saturated rings. The normalized spacial score (nSPS) is 20.2. The van der Waals surface area contributed by atoms with Crippen molar-refractivity contribution in [1.82, 2.24) is 29.4 Å². The Balaban J connectivity index is 1.27. The second-order valence-electron chi connectivity index (χ2n) is 8.88. The van der Waals surface area contributed by atoms with Crippen molar-refractivity contribution in [2.45, 2.75) is 25.4 Å². The van der Waals surface area contributed by atoms with E-state index >= 15 is 0 Å². The van der Waals surface area contributed by atoms with E-state index in [9.17, 15) is 4.79 Å². The van der Waals surface area contributed by atoms with E-state index in [1.54, 1.807) is 41.3 Å². The summed E-state index contributed by atoms with van der Waals surface area (Å²) in [7, 11) is 3.93. The first-order chi connectivity index (χ1) is 15.9. The predicted octanol–water partition coefficient (Wildman–Crippen LogP) is 2.79. The van der Waals surface area contributed by atoms with E-state index in [4.69, 9.17) is 15.0 Å². The van der Waals surface area contributed by atoms with Gasteiger partial charge in [-0.25, -0.2) is 15.0 Å². The first kappa shape index (κ1) is 20.3. The fraction of sp³-hybridized carbons (Fsp3) is 0.348. The van der Waals surface area contributed by atoms with E-state index in [1.165, 1.54) is 6.42 Å². The number of nitrogens with one attached hydrogen (secondary N) is 1. The topological polar surface area (TPSA) is 92.1 Å². The second kappa shape index (κ2) is 7.60. The van der Waals surface area contributed by atoms with Crippen molar-refractivity contribution >= 4 is 39.1 Å². The number of hydrogen-bond donors (Lipinski definition) is 1. The van der Waals surface area contributed by atoms with Crippen molar-refractivity contribution in [3.63, 3.8) is 0 Å². The van der Waals surface area contributed by atoms with E-state index in [2.05, 4.69) is 27.1 Å². The molecule has 0 aliphatic carbocycles. The molecule has 10 heteroatoms. The summed E-state index contributed by atoms with van der Waals surface area (Å²) in [5.41, 5.74) is 2.65. The van der Waals surface area contributed by atoms with Crippen molar-refractivity contribution in [3.05, 3.63) is 52.7 Å². The zero-order chi connectivity index (χ0) is 22.7. The van der Waals surface area contributed by atoms with Crippen LogP contribution in [0, 0.1) is 6.92 Å². The van der Waals surface area contributed by atoms with Crippen LogP contribution in [0.5, 0.6) is 0 Å². The first-order valence-corrected chi connectivity index (χ1v) is 11.8. The monoisotopic (exact) mass is 460 g/mol. The fourth-order valence-electron chi connectivity index (χ4n) is 4.73. The second-order valence-corrected chi connectivity index (χ2v) is 9.91. The molecule has 1 N–H and O–H groups in total. The maximum absolute atomic E-state index is 11.7. The molecule has 168 valence electrons. The van der Waals surface area contributed by atoms with Crippen LogP contribution in [0.3, 0.4) is 0 Å². The molecule has 2 atom stereocenters. The Morgan fingerprint density at radius 3 is 2.70 bits per heavy atom. The maximum atomic E-state index is 11.7. The average Bonchev–Trinajstić information content (AvgIpc) is 3.48. The van der Waals surface area contributed by atoms with Crippen LogP contribution in [-0.4, -0.2) is 61.6 Å². The van der Waals surface area contributed by atoms with Gasteiger partial charge in [-0.05, 0) is 26.5 Å². The van der Waals surface area contributed by atoms with Gasteiger partial charge in [0.25, 0.3) is 0 Å². The quantitative estimate of drug-likeness (QED) is 0.497. The molecule has 33 heavy (non-hydrogen) atoms. The molecule has 4 aromatic heterocycles. The fourth-order valence-corrected chi connectivity index (χ4v) is 5.64. The van der Waals surface area contributed by atoms with Gasteiger partial charge in [-0.3, -0.25) is 9.69 Å². The molecule has 4 aromatic rings. The number of anilines is 3. The molecule has 6 heterocycles. The molecule has 2 bridgehead atoms. The van der Waals surface area contributed by atoms with Crippen molar-refractivity contribution < 1.29 is 0 Å². The van der Waals surface area contributed by atoms with Crippen molar-refractivity contribution in [1.29, 1.82) is 0 Å². The van der Waals surface area contributed by atoms with Crippen LogP contribution in [0.15, 0.2) is 41.5 Å². The van der Waals surface area contributed by atoms with Gasteiger partial charge in [0.05, 0.1) is 10.2 Å². The third-order valence-corrected chi connectivity index (χ3v) is 7.53. The van der Waals surface area contributed by atoms with Crippen LogP contribution in [0.4, 0.5) is 17.6 Å². The number of aromatic nitrogens is 5. The van der Waals surface area contributed by atoms with Crippen LogP contribution in [0.2, 0.25) is 0 Å². The number of likely N-dealkylation sites (tertiary alicyclic amines) is 1. The van der Waals surface area contributed by atoms with Crippen LogP contribution in [-0.2, 0) is 7.05 Å². The zero-order valence-electron chi connectivity index (χ0n) is 18.7. The molecule has 0 spiro atoms. The van der Waals surface area contributed by atoms with Crippen LogP contribution in [0.1, 0.15) is 12.1 Å². The summed E-state index contributed by atoms with van der Waals surface area (Å²) in [5, 5.41) is 4.19. The highest BCUT2D eigenvalue weighted by Crippen LogP contribution is 2.33. The zero-order valence-corrected chi connectivity index (χ0v) is 19.5. The number of fused-ring (bicyclic) bond motifs is 3. The average molecular weight is 461 g/mol. The smallest absolute Gasteiger partial charge is 0.250 e. The van der Waals surface area contributed by atoms with E-state index < -0.39 is 0 Å². The minimum absolute atomic E-state index is 0.0405. The summed E-state index contributed by atoms with van der Waals surface area (Å²) in [5.74, 6) is 2.20. The molecule has 2 aliphatic heterocycles. The van der Waals surface area contributed by atoms with Crippen molar-refractivity contribution in [3.8, 4) is 10.6 Å². The van der Waals surface area contributed by atoms with Gasteiger partial charge in [0.2, 0.25) is 11.5 Å². The SMILES string of the molecule is Cc1cc(Nc2cc3nc(-c4ccc(=O)n(C)c4)sc3cn2)nc(N2C[C@@H]3C[C@H]2CN3C)n1. The Morgan fingerprint density at radius 2 is 1.94 bits per heavy atom. The summed E-state index contributed by atoms with van der Waals surface area (Å²) in [6.07, 6.45) is 4.81. The summed E-state index contributed by atoms with van der Waals surface area (Å²) in [6.45, 7) is 4.03. The standard InChI is InChI=1S/C23H24N8OS/c1-13-6-20(28-23(25-13)31-12-15-7-16(31)11-29(15)2)27-19-8-17-18(9-24-19)33-22(26-17)14-4-5-21(32)30(3)10-14/h4-6,8-10,15-16H,7,11-12H2,1-3H3,(H,24,25,27,28)/t15-,16-/m0/s1. The van der Waals surface area contributed by atoms with Gasteiger partial charge in [0, 0.05) is 74.1 Å². The number of aryl methyl sites for hydroxylation is 2. The van der Waals surface area contributed by atoms with Gasteiger partial charge in [0.1, 0.15) is 16.6 Å². The number of piperazine rings is 1. The maximum Gasteiger partial charge on any atom is 0.250 e. The van der Waals surface area contributed by atoms with Gasteiger partial charge < -0.3 is 14.8 Å². The molecule has 0 unspecified atom stereocenters. The number of likely N-dealkylation sites (N-methyl/N-ethyl adjacent to an activating group) is 1. The Bertz CT molecular complexity index is 1430. The van der Waals surface area contributed by atoms with Crippen LogP contribution >= 0.6 is 11.3 Å². The lowest BCUT2D eigenvalue weighted by Crippen LogP contribution is -2.45. The molecule has 2 saturated heterocycles. The highest BCUT2D eigenvalue weighted by molar-refractivity contribution is 7.21. The van der Waals surface area contributed by atoms with Gasteiger partial charge in [-0.2, -0.15) is 4.98 Å². The van der Waals surface area contributed by atoms with E-state index in [-0.39, 0.29) is 5.56 Å². The minimum atomic E-state index is -0.0405. The lowest BCUT2D eigenvalue weighted by molar-refractivity contribution is 0.291. The molecular formula is C23H24N8OS. The Labute approximate surface area is 194 Å². The summed E-state index contributed by atoms with van der Waals surface area (Å²) in [6, 6.07) is 8.31. The molecule has 0 amide bonds. The Kier molecular flexibility index (Phi) is 4.66. The molecule has 0 saturated carbocycles. The minimum Gasteiger partial charge on any atom is -0.335 e. The van der Waals surface area contributed by atoms with Gasteiger partial charge in [0.15, 0.2) is 0 Å².